The van der Waals surface area contributed by atoms with Crippen LogP contribution in [-0.4, -0.2) is 15.7 Å². The Kier molecular flexibility index (Phi) is 4.39. The Labute approximate surface area is 124 Å². The molecule has 1 amide bonds. The van der Waals surface area contributed by atoms with Crippen molar-refractivity contribution in [2.24, 2.45) is 7.05 Å². The fourth-order valence-corrected chi connectivity index (χ4v) is 2.25. The topological polar surface area (TPSA) is 70.7 Å². The van der Waals surface area contributed by atoms with E-state index < -0.39 is 0 Å². The molecule has 5 nitrogen and oxygen atoms in total. The average molecular weight is 282 g/mol. The molecule has 1 aromatic heterocycles. The highest BCUT2D eigenvalue weighted by Gasteiger charge is 2.13. The van der Waals surface area contributed by atoms with Crippen LogP contribution in [0, 0.1) is 25.2 Å². The number of hydrogen-bond donors (Lipinski definition) is 1. The molecule has 0 spiro atoms. The SMILES string of the molecule is Cc1nn(C)c(C)c1CC(=O)NCc1cccc(C#N)c1. The number of rotatable bonds is 4. The Morgan fingerprint density at radius 2 is 2.19 bits per heavy atom. The van der Waals surface area contributed by atoms with E-state index in [-0.39, 0.29) is 5.91 Å². The van der Waals surface area contributed by atoms with Crippen LogP contribution in [0.4, 0.5) is 0 Å². The lowest BCUT2D eigenvalue weighted by molar-refractivity contribution is -0.120. The zero-order chi connectivity index (χ0) is 15.4. The van der Waals surface area contributed by atoms with E-state index in [4.69, 9.17) is 5.26 Å². The van der Waals surface area contributed by atoms with Gasteiger partial charge in [-0.25, -0.2) is 0 Å². The summed E-state index contributed by atoms with van der Waals surface area (Å²) < 4.78 is 1.79. The van der Waals surface area contributed by atoms with Crippen molar-refractivity contribution in [1.82, 2.24) is 15.1 Å². The van der Waals surface area contributed by atoms with Gasteiger partial charge < -0.3 is 5.32 Å². The molecule has 1 aromatic carbocycles. The Bertz CT molecular complexity index is 710. The summed E-state index contributed by atoms with van der Waals surface area (Å²) in [6.45, 7) is 4.29. The smallest absolute Gasteiger partial charge is 0.224 e. The van der Waals surface area contributed by atoms with Crippen molar-refractivity contribution in [1.29, 1.82) is 5.26 Å². The zero-order valence-corrected chi connectivity index (χ0v) is 12.5. The standard InChI is InChI=1S/C16H18N4O/c1-11-15(12(2)20(3)19-11)8-16(21)18-10-14-6-4-5-13(7-14)9-17/h4-7H,8,10H2,1-3H3,(H,18,21). The molecule has 5 heteroatoms. The number of carbonyl (C=O) groups excluding carboxylic acids is 1. The number of carbonyl (C=O) groups is 1. The summed E-state index contributed by atoms with van der Waals surface area (Å²) in [5.41, 5.74) is 4.38. The Balaban J connectivity index is 1.98. The first-order valence-corrected chi connectivity index (χ1v) is 6.76. The van der Waals surface area contributed by atoms with E-state index in [9.17, 15) is 4.79 Å². The molecule has 1 N–H and O–H groups in total. The summed E-state index contributed by atoms with van der Waals surface area (Å²) >= 11 is 0. The Morgan fingerprint density at radius 1 is 1.43 bits per heavy atom. The predicted molar refractivity (Wildman–Crippen MR) is 79.4 cm³/mol. The fourth-order valence-electron chi connectivity index (χ4n) is 2.25. The molecule has 1 heterocycles. The molecule has 0 atom stereocenters. The van der Waals surface area contributed by atoms with Crippen LogP contribution in [0.2, 0.25) is 0 Å². The number of aryl methyl sites for hydroxylation is 2. The number of hydrogen-bond acceptors (Lipinski definition) is 3. The second-order valence-corrected chi connectivity index (χ2v) is 5.04. The lowest BCUT2D eigenvalue weighted by Gasteiger charge is -2.06. The number of nitrogens with zero attached hydrogens (tertiary/aromatic N) is 3. The normalized spacial score (nSPS) is 10.2. The molecule has 0 saturated heterocycles. The summed E-state index contributed by atoms with van der Waals surface area (Å²) in [5.74, 6) is -0.0449. The van der Waals surface area contributed by atoms with Crippen molar-refractivity contribution in [3.8, 4) is 6.07 Å². The van der Waals surface area contributed by atoms with Crippen molar-refractivity contribution < 1.29 is 4.79 Å². The second-order valence-electron chi connectivity index (χ2n) is 5.04. The number of nitriles is 1. The van der Waals surface area contributed by atoms with Crippen molar-refractivity contribution in [2.75, 3.05) is 0 Å². The van der Waals surface area contributed by atoms with Gasteiger partial charge in [-0.3, -0.25) is 9.48 Å². The van der Waals surface area contributed by atoms with Crippen LogP contribution in [0.3, 0.4) is 0 Å². The molecule has 2 rings (SSSR count). The minimum Gasteiger partial charge on any atom is -0.352 e. The van der Waals surface area contributed by atoms with Gasteiger partial charge in [-0.1, -0.05) is 12.1 Å². The highest BCUT2D eigenvalue weighted by molar-refractivity contribution is 5.79. The van der Waals surface area contributed by atoms with Crippen molar-refractivity contribution in [3.05, 3.63) is 52.3 Å². The van der Waals surface area contributed by atoms with Gasteiger partial charge in [0.2, 0.25) is 5.91 Å². The molecule has 0 unspecified atom stereocenters. The van der Waals surface area contributed by atoms with E-state index in [0.29, 0.717) is 18.5 Å². The molecule has 108 valence electrons. The minimum atomic E-state index is -0.0449. The van der Waals surface area contributed by atoms with E-state index in [1.807, 2.05) is 33.0 Å². The lowest BCUT2D eigenvalue weighted by atomic mass is 10.1. The van der Waals surface area contributed by atoms with Crippen molar-refractivity contribution in [3.63, 3.8) is 0 Å². The third kappa shape index (κ3) is 3.48. The Hall–Kier alpha value is -2.61. The van der Waals surface area contributed by atoms with Crippen molar-refractivity contribution >= 4 is 5.91 Å². The van der Waals surface area contributed by atoms with Gasteiger partial charge in [0.15, 0.2) is 0 Å². The van der Waals surface area contributed by atoms with Crippen LogP contribution < -0.4 is 5.32 Å². The van der Waals surface area contributed by atoms with Gasteiger partial charge in [0, 0.05) is 24.8 Å². The van der Waals surface area contributed by atoms with Crippen LogP contribution in [0.15, 0.2) is 24.3 Å². The van der Waals surface area contributed by atoms with Gasteiger partial charge in [-0.2, -0.15) is 10.4 Å². The third-order valence-electron chi connectivity index (χ3n) is 3.54. The summed E-state index contributed by atoms with van der Waals surface area (Å²) in [5, 5.41) is 16.0. The largest absolute Gasteiger partial charge is 0.352 e. The maximum atomic E-state index is 12.0. The molecular formula is C16H18N4O. The molecular weight excluding hydrogens is 264 g/mol. The molecule has 0 aliphatic rings. The molecule has 0 bridgehead atoms. The summed E-state index contributed by atoms with van der Waals surface area (Å²) in [7, 11) is 1.87. The van der Waals surface area contributed by atoms with Crippen molar-refractivity contribution in [2.45, 2.75) is 26.8 Å². The molecule has 21 heavy (non-hydrogen) atoms. The first-order chi connectivity index (χ1) is 10.0. The van der Waals surface area contributed by atoms with E-state index in [2.05, 4.69) is 16.5 Å². The van der Waals surface area contributed by atoms with E-state index in [0.717, 1.165) is 22.5 Å². The maximum Gasteiger partial charge on any atom is 0.224 e. The summed E-state index contributed by atoms with van der Waals surface area (Å²) in [4.78, 5) is 12.0. The van der Waals surface area contributed by atoms with Crippen LogP contribution in [-0.2, 0) is 24.8 Å². The van der Waals surface area contributed by atoms with Gasteiger partial charge in [0.25, 0.3) is 0 Å². The average Bonchev–Trinajstić information content (AvgIpc) is 2.72. The molecule has 0 aliphatic heterocycles. The number of benzene rings is 1. The third-order valence-corrected chi connectivity index (χ3v) is 3.54. The highest BCUT2D eigenvalue weighted by atomic mass is 16.1. The summed E-state index contributed by atoms with van der Waals surface area (Å²) in [6.07, 6.45) is 0.323. The molecule has 0 aliphatic carbocycles. The van der Waals surface area contributed by atoms with Gasteiger partial charge in [-0.15, -0.1) is 0 Å². The van der Waals surface area contributed by atoms with E-state index in [1.165, 1.54) is 0 Å². The van der Waals surface area contributed by atoms with E-state index in [1.54, 1.807) is 16.8 Å². The second kappa shape index (κ2) is 6.23. The predicted octanol–water partition coefficient (Wildman–Crippen LogP) is 1.77. The Morgan fingerprint density at radius 3 is 2.81 bits per heavy atom. The van der Waals surface area contributed by atoms with Crippen LogP contribution in [0.25, 0.3) is 0 Å². The highest BCUT2D eigenvalue weighted by Crippen LogP contribution is 2.12. The molecule has 0 radical (unpaired) electrons. The number of nitrogens with one attached hydrogen (secondary N) is 1. The molecule has 0 saturated carbocycles. The quantitative estimate of drug-likeness (QED) is 0.929. The summed E-state index contributed by atoms with van der Waals surface area (Å²) in [6, 6.07) is 9.32. The molecule has 2 aromatic rings. The van der Waals surface area contributed by atoms with E-state index >= 15 is 0 Å². The minimum absolute atomic E-state index is 0.0449. The lowest BCUT2D eigenvalue weighted by Crippen LogP contribution is -2.25. The first-order valence-electron chi connectivity index (χ1n) is 6.76. The van der Waals surface area contributed by atoms with Gasteiger partial charge >= 0.3 is 0 Å². The van der Waals surface area contributed by atoms with Crippen LogP contribution in [0.5, 0.6) is 0 Å². The van der Waals surface area contributed by atoms with Crippen LogP contribution >= 0.6 is 0 Å². The number of amides is 1. The van der Waals surface area contributed by atoms with Crippen LogP contribution in [0.1, 0.15) is 28.1 Å². The molecule has 0 fully saturated rings. The monoisotopic (exact) mass is 282 g/mol. The first kappa shape index (κ1) is 14.8. The number of aromatic nitrogens is 2. The van der Waals surface area contributed by atoms with Gasteiger partial charge in [0.05, 0.1) is 23.7 Å². The maximum absolute atomic E-state index is 12.0. The zero-order valence-electron chi connectivity index (χ0n) is 12.5. The van der Waals surface area contributed by atoms with Gasteiger partial charge in [-0.05, 0) is 31.5 Å². The fraction of sp³-hybridized carbons (Fsp3) is 0.312. The van der Waals surface area contributed by atoms with Gasteiger partial charge in [0.1, 0.15) is 0 Å².